The first-order valence-electron chi connectivity index (χ1n) is 9.87. The normalized spacial score (nSPS) is 18.0. The largest absolute Gasteiger partial charge is 0.487 e. The molecule has 0 radical (unpaired) electrons. The van der Waals surface area contributed by atoms with Crippen LogP contribution in [0.3, 0.4) is 0 Å². The lowest BCUT2D eigenvalue weighted by atomic mass is 10.1. The summed E-state index contributed by atoms with van der Waals surface area (Å²) < 4.78 is 22.8. The molecule has 0 amide bonds. The van der Waals surface area contributed by atoms with E-state index in [0.717, 1.165) is 6.07 Å². The molecule has 3 heterocycles. The molecule has 1 aromatic heterocycles. The van der Waals surface area contributed by atoms with Gasteiger partial charge < -0.3 is 29.5 Å². The van der Waals surface area contributed by atoms with Crippen molar-refractivity contribution >= 4 is 34.4 Å². The lowest BCUT2D eigenvalue weighted by Crippen LogP contribution is -2.53. The molecule has 164 valence electrons. The van der Waals surface area contributed by atoms with Gasteiger partial charge in [-0.15, -0.1) is 0 Å². The summed E-state index contributed by atoms with van der Waals surface area (Å²) >= 11 is 0. The third kappa shape index (κ3) is 3.45. The maximum absolute atomic E-state index is 15.2. The fourth-order valence-corrected chi connectivity index (χ4v) is 4.07. The van der Waals surface area contributed by atoms with Crippen LogP contribution in [0.5, 0.6) is 5.75 Å². The summed E-state index contributed by atoms with van der Waals surface area (Å²) in [5, 5.41) is 27.5. The van der Waals surface area contributed by atoms with Gasteiger partial charge in [0, 0.05) is 32.4 Å². The van der Waals surface area contributed by atoms with Crippen molar-refractivity contribution in [3.8, 4) is 5.75 Å². The van der Waals surface area contributed by atoms with E-state index in [-0.39, 0.29) is 41.3 Å². The van der Waals surface area contributed by atoms with Crippen molar-refractivity contribution in [2.24, 2.45) is 0 Å². The fourth-order valence-electron chi connectivity index (χ4n) is 4.07. The van der Waals surface area contributed by atoms with E-state index in [1.54, 1.807) is 21.3 Å². The number of aromatic nitrogens is 1. The van der Waals surface area contributed by atoms with Crippen LogP contribution >= 0.6 is 0 Å². The number of carboxylic acids is 1. The van der Waals surface area contributed by atoms with E-state index in [2.05, 4.69) is 5.32 Å². The Balaban J connectivity index is 1.76. The van der Waals surface area contributed by atoms with Crippen LogP contribution in [0.4, 0.5) is 10.1 Å². The fraction of sp³-hybridized carbons (Fsp3) is 0.400. The molecule has 0 saturated carbocycles. The lowest BCUT2D eigenvalue weighted by molar-refractivity contribution is 0.0694. The Labute approximate surface area is 176 Å². The molecule has 1 atom stereocenters. The predicted octanol–water partition coefficient (Wildman–Crippen LogP) is 1.44. The summed E-state index contributed by atoms with van der Waals surface area (Å²) in [6.45, 7) is 5.31. The number of hydrogen-bond acceptors (Lipinski definition) is 6. The summed E-state index contributed by atoms with van der Waals surface area (Å²) in [6, 6.07) is 0.870. The van der Waals surface area contributed by atoms with Gasteiger partial charge in [-0.05, 0) is 19.9 Å². The van der Waals surface area contributed by atoms with Crippen molar-refractivity contribution in [1.82, 2.24) is 14.8 Å². The Bertz CT molecular complexity index is 1170. The van der Waals surface area contributed by atoms with Crippen molar-refractivity contribution in [1.29, 1.82) is 10.8 Å². The van der Waals surface area contributed by atoms with Crippen LogP contribution in [-0.2, 0) is 0 Å². The Kier molecular flexibility index (Phi) is 5.03. The standard InChI is InChI=1S/C20H23FN6O4/c1-10-9-31-18-15-12(17(28)13(19(29)30)8-27(10)15)7-14(21)16(18)25-3-5-26(6-4-25)20(23)24-11(2)22/h7-8,10H,3-6,9H2,1-2H3,(H,29,30)(H3,22,23,24)/t10-/m0/s1. The molecule has 1 aromatic carbocycles. The zero-order chi connectivity index (χ0) is 22.4. The first-order valence-corrected chi connectivity index (χ1v) is 9.87. The number of hydrogen-bond donors (Lipinski definition) is 4. The Hall–Kier alpha value is -3.63. The van der Waals surface area contributed by atoms with Crippen molar-refractivity contribution in [2.45, 2.75) is 19.9 Å². The number of carbonyl (C=O) groups is 1. The number of piperazine rings is 1. The van der Waals surface area contributed by atoms with Crippen molar-refractivity contribution < 1.29 is 19.0 Å². The number of amidine groups is 1. The van der Waals surface area contributed by atoms with Crippen molar-refractivity contribution in [3.05, 3.63) is 33.9 Å². The minimum atomic E-state index is -1.35. The predicted molar refractivity (Wildman–Crippen MR) is 113 cm³/mol. The molecule has 2 aliphatic rings. The van der Waals surface area contributed by atoms with Crippen LogP contribution < -0.4 is 20.4 Å². The summed E-state index contributed by atoms with van der Waals surface area (Å²) in [6.07, 6.45) is 1.30. The molecule has 2 aromatic rings. The number of nitrogens with one attached hydrogen (secondary N) is 3. The zero-order valence-electron chi connectivity index (χ0n) is 17.2. The molecule has 10 nitrogen and oxygen atoms in total. The van der Waals surface area contributed by atoms with Crippen LogP contribution in [0.25, 0.3) is 10.9 Å². The smallest absolute Gasteiger partial charge is 0.341 e. The van der Waals surface area contributed by atoms with Gasteiger partial charge in [-0.25, -0.2) is 9.18 Å². The van der Waals surface area contributed by atoms with E-state index < -0.39 is 22.8 Å². The second kappa shape index (κ2) is 7.56. The lowest BCUT2D eigenvalue weighted by Gasteiger charge is -2.39. The van der Waals surface area contributed by atoms with E-state index >= 15 is 4.39 Å². The van der Waals surface area contributed by atoms with Gasteiger partial charge >= 0.3 is 5.97 Å². The number of guanidine groups is 1. The Morgan fingerprint density at radius 3 is 2.58 bits per heavy atom. The molecule has 1 fully saturated rings. The molecular weight excluding hydrogens is 407 g/mol. The number of nitrogens with zero attached hydrogens (tertiary/aromatic N) is 3. The number of pyridine rings is 1. The van der Waals surface area contributed by atoms with E-state index in [0.29, 0.717) is 31.7 Å². The molecule has 4 N–H and O–H groups in total. The average molecular weight is 430 g/mol. The minimum Gasteiger partial charge on any atom is -0.487 e. The van der Waals surface area contributed by atoms with Crippen LogP contribution in [0.1, 0.15) is 30.2 Å². The molecular formula is C20H23FN6O4. The molecule has 4 rings (SSSR count). The maximum Gasteiger partial charge on any atom is 0.341 e. The zero-order valence-corrected chi connectivity index (χ0v) is 17.2. The highest BCUT2D eigenvalue weighted by Gasteiger charge is 2.31. The quantitative estimate of drug-likeness (QED) is 0.418. The summed E-state index contributed by atoms with van der Waals surface area (Å²) in [7, 11) is 0. The van der Waals surface area contributed by atoms with Crippen molar-refractivity contribution in [3.63, 3.8) is 0 Å². The minimum absolute atomic E-state index is 0.0197. The highest BCUT2D eigenvalue weighted by atomic mass is 19.1. The molecule has 2 aliphatic heterocycles. The number of carboxylic acid groups (broad SMARTS) is 1. The summed E-state index contributed by atoms with van der Waals surface area (Å²) in [5.41, 5.74) is -0.519. The van der Waals surface area contributed by atoms with Crippen LogP contribution in [-0.4, -0.2) is 65.1 Å². The first kappa shape index (κ1) is 20.6. The molecule has 11 heteroatoms. The molecule has 0 aliphatic carbocycles. The molecule has 31 heavy (non-hydrogen) atoms. The van der Waals surface area contributed by atoms with Crippen LogP contribution in [0.15, 0.2) is 17.1 Å². The van der Waals surface area contributed by atoms with Gasteiger partial charge in [-0.3, -0.25) is 15.6 Å². The number of ether oxygens (including phenoxy) is 1. The van der Waals surface area contributed by atoms with E-state index in [1.165, 1.54) is 6.20 Å². The number of aromatic carboxylic acids is 1. The third-order valence-electron chi connectivity index (χ3n) is 5.59. The summed E-state index contributed by atoms with van der Waals surface area (Å²) in [4.78, 5) is 27.8. The van der Waals surface area contributed by atoms with E-state index in [9.17, 15) is 14.7 Å². The van der Waals surface area contributed by atoms with Crippen LogP contribution in [0.2, 0.25) is 0 Å². The second-order valence-electron chi connectivity index (χ2n) is 7.75. The maximum atomic E-state index is 15.2. The third-order valence-corrected chi connectivity index (χ3v) is 5.59. The van der Waals surface area contributed by atoms with E-state index in [4.69, 9.17) is 15.6 Å². The highest BCUT2D eigenvalue weighted by molar-refractivity contribution is 5.98. The van der Waals surface area contributed by atoms with Gasteiger partial charge in [0.05, 0.1) is 22.8 Å². The van der Waals surface area contributed by atoms with Gasteiger partial charge in [0.2, 0.25) is 5.43 Å². The highest BCUT2D eigenvalue weighted by Crippen LogP contribution is 2.42. The Morgan fingerprint density at radius 1 is 1.29 bits per heavy atom. The SMILES string of the molecule is CC(=N)NC(=N)N1CCN(c2c(F)cc3c(=O)c(C(=O)O)cn4c3c2OC[C@@H]4C)CC1. The monoisotopic (exact) mass is 430 g/mol. The Morgan fingerprint density at radius 2 is 1.97 bits per heavy atom. The second-order valence-corrected chi connectivity index (χ2v) is 7.75. The number of benzene rings is 1. The molecule has 1 saturated heterocycles. The number of halogens is 1. The van der Waals surface area contributed by atoms with Gasteiger partial charge in [-0.1, -0.05) is 0 Å². The number of rotatable bonds is 2. The number of anilines is 1. The first-order chi connectivity index (χ1) is 14.7. The molecule has 0 unspecified atom stereocenters. The van der Waals surface area contributed by atoms with Gasteiger partial charge in [0.25, 0.3) is 0 Å². The van der Waals surface area contributed by atoms with Gasteiger partial charge in [0.15, 0.2) is 17.5 Å². The molecule has 0 spiro atoms. The van der Waals surface area contributed by atoms with Crippen LogP contribution in [0, 0.1) is 16.6 Å². The van der Waals surface area contributed by atoms with Gasteiger partial charge in [-0.2, -0.15) is 0 Å². The van der Waals surface area contributed by atoms with Gasteiger partial charge in [0.1, 0.15) is 17.9 Å². The summed E-state index contributed by atoms with van der Waals surface area (Å²) in [5.74, 6) is -1.49. The molecule has 0 bridgehead atoms. The topological polar surface area (TPSA) is 135 Å². The van der Waals surface area contributed by atoms with E-state index in [1.807, 2.05) is 6.92 Å². The average Bonchev–Trinajstić information content (AvgIpc) is 2.71. The van der Waals surface area contributed by atoms with Crippen molar-refractivity contribution in [2.75, 3.05) is 37.7 Å².